The van der Waals surface area contributed by atoms with E-state index in [1.807, 2.05) is 13.8 Å². The third kappa shape index (κ3) is 7.34. The van der Waals surface area contributed by atoms with Crippen LogP contribution in [-0.2, 0) is 68.0 Å². The normalized spacial score (nSPS) is 17.3. The summed E-state index contributed by atoms with van der Waals surface area (Å²) in [5.41, 5.74) is 1.34. The van der Waals surface area contributed by atoms with Gasteiger partial charge >= 0.3 is 17.9 Å². The van der Waals surface area contributed by atoms with Crippen LogP contribution in [0.3, 0.4) is 0 Å². The van der Waals surface area contributed by atoms with E-state index in [1.54, 1.807) is 22.8 Å². The smallest absolute Gasteiger partial charge is 0.355 e. The molecule has 4 heterocycles. The number of nitrogens with zero attached hydrogens (tertiary/aromatic N) is 2. The van der Waals surface area contributed by atoms with E-state index in [1.165, 1.54) is 20.1 Å². The number of aromatic nitrogens is 2. The number of aryl methyl sites for hydroxylation is 1. The van der Waals surface area contributed by atoms with Crippen LogP contribution in [0.2, 0.25) is 0 Å². The number of ether oxygens (including phenoxy) is 5. The van der Waals surface area contributed by atoms with E-state index >= 15 is 0 Å². The van der Waals surface area contributed by atoms with E-state index in [2.05, 4.69) is 5.32 Å². The fourth-order valence-electron chi connectivity index (χ4n) is 6.19. The summed E-state index contributed by atoms with van der Waals surface area (Å²) in [6.45, 7) is 4.10. The molecule has 2 aliphatic heterocycles. The standard InChI is InChI=1S/C35H41N3O12/c1-5-20(16-39)49-31(46-4)18-47-29(42)9-7-8-28(41)36-14-30(43)50-35(3)25-13-27-32-23(15-38(27)33(44)24(25)17-48-34(35)45)21(6-2)22-12-19(40)10-11-26(22)37-32/h10-13,20,31,39-40H,5-9,14-18H2,1-4H3,(H,36,41)/t20?,31?,35-/m0/s1. The molecule has 0 saturated heterocycles. The SMILES string of the molecule is CCc1c2c(nc3ccc(O)cc13)-c1cc3c(c(=O)n1C2)COC(=O)[C@@]3(C)OC(=O)CNC(=O)CCCC(=O)OCC(OC)OC(CC)CO. The van der Waals surface area contributed by atoms with E-state index in [0.717, 1.165) is 16.5 Å². The quantitative estimate of drug-likeness (QED) is 0.0928. The highest BCUT2D eigenvalue weighted by Crippen LogP contribution is 2.41. The largest absolute Gasteiger partial charge is 0.508 e. The van der Waals surface area contributed by atoms with Crippen molar-refractivity contribution in [3.63, 3.8) is 0 Å². The monoisotopic (exact) mass is 695 g/mol. The molecule has 3 N–H and O–H groups in total. The fourth-order valence-corrected chi connectivity index (χ4v) is 6.19. The van der Waals surface area contributed by atoms with Crippen LogP contribution in [0.25, 0.3) is 22.3 Å². The average Bonchev–Trinajstić information content (AvgIpc) is 3.47. The molecule has 1 aromatic carbocycles. The van der Waals surface area contributed by atoms with Gasteiger partial charge in [-0.2, -0.15) is 0 Å². The van der Waals surface area contributed by atoms with Gasteiger partial charge in [-0.15, -0.1) is 0 Å². The molecular weight excluding hydrogens is 654 g/mol. The van der Waals surface area contributed by atoms with Gasteiger partial charge in [-0.3, -0.25) is 19.2 Å². The Labute approximate surface area is 287 Å². The van der Waals surface area contributed by atoms with Gasteiger partial charge in [0.15, 0.2) is 6.29 Å². The summed E-state index contributed by atoms with van der Waals surface area (Å²) in [5, 5.41) is 22.6. The lowest BCUT2D eigenvalue weighted by Gasteiger charge is -2.33. The van der Waals surface area contributed by atoms with Gasteiger partial charge in [0.2, 0.25) is 11.5 Å². The summed E-state index contributed by atoms with van der Waals surface area (Å²) < 4.78 is 28.2. The minimum atomic E-state index is -1.98. The Bertz CT molecular complexity index is 1870. The van der Waals surface area contributed by atoms with Crippen molar-refractivity contribution in [2.45, 2.75) is 84.0 Å². The van der Waals surface area contributed by atoms with Crippen LogP contribution in [0.1, 0.15) is 68.7 Å². The number of hydrogen-bond acceptors (Lipinski definition) is 13. The van der Waals surface area contributed by atoms with Gasteiger partial charge in [0.1, 0.15) is 25.5 Å². The molecule has 0 fully saturated rings. The van der Waals surface area contributed by atoms with Crippen molar-refractivity contribution in [3.05, 3.63) is 56.9 Å². The molecule has 0 bridgehead atoms. The maximum atomic E-state index is 13.8. The number of phenolic OH excluding ortho intramolecular Hbond substituents is 1. The van der Waals surface area contributed by atoms with Gasteiger partial charge < -0.3 is 43.8 Å². The Balaban J connectivity index is 1.22. The Morgan fingerprint density at radius 3 is 2.60 bits per heavy atom. The van der Waals surface area contributed by atoms with Crippen LogP contribution in [0, 0.1) is 0 Å². The highest BCUT2D eigenvalue weighted by molar-refractivity contribution is 5.91. The number of nitrogens with one attached hydrogen (secondary N) is 1. The zero-order valence-electron chi connectivity index (χ0n) is 28.4. The number of methoxy groups -OCH3 is 1. The predicted octanol–water partition coefficient (Wildman–Crippen LogP) is 2.10. The predicted molar refractivity (Wildman–Crippen MR) is 176 cm³/mol. The van der Waals surface area contributed by atoms with Crippen LogP contribution < -0.4 is 10.9 Å². The fraction of sp³-hybridized carbons (Fsp3) is 0.486. The number of benzene rings is 1. The first-order chi connectivity index (χ1) is 23.9. The minimum Gasteiger partial charge on any atom is -0.508 e. The Kier molecular flexibility index (Phi) is 11.2. The number of amides is 1. The van der Waals surface area contributed by atoms with E-state index in [-0.39, 0.29) is 62.5 Å². The summed E-state index contributed by atoms with van der Waals surface area (Å²) in [7, 11) is 1.38. The minimum absolute atomic E-state index is 0.0813. The number of carbonyl (C=O) groups excluding carboxylic acids is 4. The highest BCUT2D eigenvalue weighted by atomic mass is 16.7. The Morgan fingerprint density at radius 2 is 1.90 bits per heavy atom. The van der Waals surface area contributed by atoms with Crippen LogP contribution >= 0.6 is 0 Å². The highest BCUT2D eigenvalue weighted by Gasteiger charge is 2.48. The van der Waals surface area contributed by atoms with Gasteiger partial charge in [-0.05, 0) is 56.0 Å². The van der Waals surface area contributed by atoms with Crippen molar-refractivity contribution in [2.75, 3.05) is 26.9 Å². The molecule has 3 atom stereocenters. The summed E-state index contributed by atoms with van der Waals surface area (Å²) in [6.07, 6.45) is -0.188. The van der Waals surface area contributed by atoms with Gasteiger partial charge in [-0.1, -0.05) is 13.8 Å². The number of pyridine rings is 2. The van der Waals surface area contributed by atoms with Crippen LogP contribution in [-0.4, -0.2) is 82.8 Å². The molecule has 2 aromatic heterocycles. The van der Waals surface area contributed by atoms with Crippen molar-refractivity contribution in [1.82, 2.24) is 14.9 Å². The molecule has 5 rings (SSSR count). The molecule has 0 radical (unpaired) electrons. The van der Waals surface area contributed by atoms with Crippen molar-refractivity contribution >= 4 is 34.7 Å². The molecule has 50 heavy (non-hydrogen) atoms. The summed E-state index contributed by atoms with van der Waals surface area (Å²) in [4.78, 5) is 69.2. The molecule has 1 amide bonds. The Morgan fingerprint density at radius 1 is 1.12 bits per heavy atom. The molecule has 0 aliphatic carbocycles. The number of carbonyl (C=O) groups is 4. The van der Waals surface area contributed by atoms with E-state index in [0.29, 0.717) is 29.7 Å². The first kappa shape index (κ1) is 36.4. The molecule has 268 valence electrons. The molecule has 2 unspecified atom stereocenters. The average molecular weight is 696 g/mol. The number of rotatable bonds is 15. The number of esters is 3. The van der Waals surface area contributed by atoms with Crippen molar-refractivity contribution in [3.8, 4) is 17.1 Å². The lowest BCUT2D eigenvalue weighted by Crippen LogP contribution is -2.47. The lowest BCUT2D eigenvalue weighted by molar-refractivity contribution is -0.194. The van der Waals surface area contributed by atoms with Gasteiger partial charge in [0.25, 0.3) is 5.56 Å². The van der Waals surface area contributed by atoms with Crippen molar-refractivity contribution < 1.29 is 53.1 Å². The first-order valence-corrected chi connectivity index (χ1v) is 16.5. The summed E-state index contributed by atoms with van der Waals surface area (Å²) in [6, 6.07) is 6.51. The molecular formula is C35H41N3O12. The van der Waals surface area contributed by atoms with E-state index < -0.39 is 53.9 Å². The van der Waals surface area contributed by atoms with Gasteiger partial charge in [0, 0.05) is 36.5 Å². The molecule has 3 aromatic rings. The van der Waals surface area contributed by atoms with Crippen molar-refractivity contribution in [2.24, 2.45) is 0 Å². The second-order valence-corrected chi connectivity index (χ2v) is 12.2. The second-order valence-electron chi connectivity index (χ2n) is 12.2. The maximum absolute atomic E-state index is 13.8. The number of fused-ring (bicyclic) bond motifs is 5. The summed E-state index contributed by atoms with van der Waals surface area (Å²) in [5.74, 6) is -2.83. The summed E-state index contributed by atoms with van der Waals surface area (Å²) >= 11 is 0. The number of aromatic hydroxyl groups is 1. The molecule has 0 saturated carbocycles. The molecule has 0 spiro atoms. The van der Waals surface area contributed by atoms with Crippen molar-refractivity contribution in [1.29, 1.82) is 0 Å². The second kappa shape index (κ2) is 15.4. The third-order valence-corrected chi connectivity index (χ3v) is 8.93. The zero-order valence-corrected chi connectivity index (χ0v) is 28.4. The van der Waals surface area contributed by atoms with Crippen LogP contribution in [0.4, 0.5) is 0 Å². The van der Waals surface area contributed by atoms with E-state index in [4.69, 9.17) is 28.7 Å². The van der Waals surface area contributed by atoms with Crippen LogP contribution in [0.5, 0.6) is 5.75 Å². The van der Waals surface area contributed by atoms with E-state index in [9.17, 15) is 34.2 Å². The Hall–Kier alpha value is -4.86. The maximum Gasteiger partial charge on any atom is 0.355 e. The third-order valence-electron chi connectivity index (χ3n) is 8.93. The number of cyclic esters (lactones) is 1. The number of aliphatic hydroxyl groups excluding tert-OH is 1. The van der Waals surface area contributed by atoms with Gasteiger partial charge in [-0.25, -0.2) is 9.78 Å². The van der Waals surface area contributed by atoms with Crippen LogP contribution in [0.15, 0.2) is 29.1 Å². The molecule has 15 heteroatoms. The number of aliphatic hydroxyl groups is 1. The number of hydrogen-bond donors (Lipinski definition) is 3. The topological polar surface area (TPSA) is 202 Å². The lowest BCUT2D eigenvalue weighted by atomic mass is 9.89. The molecule has 15 nitrogen and oxygen atoms in total. The molecule has 2 aliphatic rings. The number of phenols is 1. The zero-order chi connectivity index (χ0) is 36.2. The first-order valence-electron chi connectivity index (χ1n) is 16.5. The van der Waals surface area contributed by atoms with Gasteiger partial charge in [0.05, 0.1) is 41.7 Å².